The van der Waals surface area contributed by atoms with Gasteiger partial charge in [-0.05, 0) is 23.9 Å². The maximum Gasteiger partial charge on any atom is 0.307 e. The number of anilines is 1. The molecule has 126 valence electrons. The van der Waals surface area contributed by atoms with Crippen molar-refractivity contribution in [1.82, 2.24) is 0 Å². The molecule has 3 rings (SSSR count). The van der Waals surface area contributed by atoms with E-state index in [-0.39, 0.29) is 18.6 Å². The lowest BCUT2D eigenvalue weighted by atomic mass is 10.1. The fraction of sp³-hybridized carbons (Fsp3) is 0.400. The number of hydrogen-bond acceptors (Lipinski definition) is 3. The number of rotatable bonds is 8. The Kier molecular flexibility index (Phi) is 5.14. The zero-order valence-corrected chi connectivity index (χ0v) is 14.1. The van der Waals surface area contributed by atoms with Gasteiger partial charge in [-0.25, -0.2) is 0 Å². The van der Waals surface area contributed by atoms with Crippen LogP contribution in [-0.2, 0) is 9.53 Å². The van der Waals surface area contributed by atoms with Crippen LogP contribution < -0.4 is 4.90 Å². The zero-order valence-electron chi connectivity index (χ0n) is 14.1. The van der Waals surface area contributed by atoms with Crippen molar-refractivity contribution in [2.45, 2.75) is 45.4 Å². The van der Waals surface area contributed by atoms with Crippen LogP contribution in [0.25, 0.3) is 10.8 Å². The van der Waals surface area contributed by atoms with Crippen LogP contribution in [0.3, 0.4) is 0 Å². The topological polar surface area (TPSA) is 46.6 Å². The van der Waals surface area contributed by atoms with Gasteiger partial charge in [0, 0.05) is 17.4 Å². The van der Waals surface area contributed by atoms with Gasteiger partial charge in [-0.3, -0.25) is 14.5 Å². The van der Waals surface area contributed by atoms with Crippen LogP contribution in [0.1, 0.15) is 55.8 Å². The molecule has 0 aliphatic carbocycles. The van der Waals surface area contributed by atoms with Gasteiger partial charge in [-0.15, -0.1) is 0 Å². The van der Waals surface area contributed by atoms with E-state index >= 15 is 0 Å². The van der Waals surface area contributed by atoms with Crippen LogP contribution in [0.5, 0.6) is 0 Å². The highest BCUT2D eigenvalue weighted by Gasteiger charge is 2.30. The monoisotopic (exact) mass is 325 g/mol. The van der Waals surface area contributed by atoms with E-state index in [4.69, 9.17) is 4.74 Å². The maximum atomic E-state index is 12.6. The first-order valence-electron chi connectivity index (χ1n) is 8.71. The number of esters is 1. The van der Waals surface area contributed by atoms with E-state index in [0.717, 1.165) is 35.7 Å². The molecule has 1 aliphatic heterocycles. The fourth-order valence-electron chi connectivity index (χ4n) is 3.19. The highest BCUT2D eigenvalue weighted by atomic mass is 16.5. The van der Waals surface area contributed by atoms with Crippen LogP contribution in [0.15, 0.2) is 36.4 Å². The molecule has 0 radical (unpaired) electrons. The Morgan fingerprint density at radius 2 is 1.79 bits per heavy atom. The first kappa shape index (κ1) is 16.5. The van der Waals surface area contributed by atoms with Gasteiger partial charge in [0.2, 0.25) is 0 Å². The molecule has 24 heavy (non-hydrogen) atoms. The van der Waals surface area contributed by atoms with E-state index in [9.17, 15) is 9.59 Å². The Bertz CT molecular complexity index is 748. The van der Waals surface area contributed by atoms with Gasteiger partial charge in [0.15, 0.2) is 6.73 Å². The average molecular weight is 325 g/mol. The van der Waals surface area contributed by atoms with Gasteiger partial charge in [0.1, 0.15) is 0 Å². The molecular formula is C20H23NO3. The number of ether oxygens (including phenoxy) is 1. The second-order valence-electron chi connectivity index (χ2n) is 6.22. The van der Waals surface area contributed by atoms with Crippen molar-refractivity contribution in [3.05, 3.63) is 42.0 Å². The molecule has 2 aromatic carbocycles. The molecule has 0 bridgehead atoms. The van der Waals surface area contributed by atoms with Crippen molar-refractivity contribution in [1.29, 1.82) is 0 Å². The van der Waals surface area contributed by atoms with Crippen molar-refractivity contribution in [2.75, 3.05) is 11.6 Å². The smallest absolute Gasteiger partial charge is 0.307 e. The fourth-order valence-corrected chi connectivity index (χ4v) is 3.19. The molecule has 2 aromatic rings. The summed E-state index contributed by atoms with van der Waals surface area (Å²) in [5, 5.41) is 1.98. The van der Waals surface area contributed by atoms with Crippen molar-refractivity contribution >= 4 is 28.3 Å². The Labute approximate surface area is 142 Å². The van der Waals surface area contributed by atoms with E-state index in [0.29, 0.717) is 12.0 Å². The summed E-state index contributed by atoms with van der Waals surface area (Å²) in [7, 11) is 0. The molecule has 0 aromatic heterocycles. The molecule has 0 atom stereocenters. The summed E-state index contributed by atoms with van der Waals surface area (Å²) in [6.45, 7) is 2.15. The van der Waals surface area contributed by atoms with Gasteiger partial charge in [-0.2, -0.15) is 0 Å². The van der Waals surface area contributed by atoms with Crippen LogP contribution in [0.4, 0.5) is 5.69 Å². The summed E-state index contributed by atoms with van der Waals surface area (Å²) in [5.41, 5.74) is 1.50. The molecular weight excluding hydrogens is 302 g/mol. The summed E-state index contributed by atoms with van der Waals surface area (Å²) in [4.78, 5) is 26.0. The largest absolute Gasteiger partial charge is 0.444 e. The summed E-state index contributed by atoms with van der Waals surface area (Å²) >= 11 is 0. The highest BCUT2D eigenvalue weighted by molar-refractivity contribution is 6.24. The number of unbranched alkanes of at least 4 members (excludes halogenated alkanes) is 4. The number of amides is 1. The Morgan fingerprint density at radius 1 is 1.04 bits per heavy atom. The SMILES string of the molecule is CCCCCCCC(=O)OCN1C(=O)c2cccc3cccc1c23. The third kappa shape index (κ3) is 3.28. The third-order valence-electron chi connectivity index (χ3n) is 4.49. The zero-order chi connectivity index (χ0) is 16.9. The molecule has 0 N–H and O–H groups in total. The summed E-state index contributed by atoms with van der Waals surface area (Å²) in [6.07, 6.45) is 5.88. The van der Waals surface area contributed by atoms with Crippen molar-refractivity contribution < 1.29 is 14.3 Å². The van der Waals surface area contributed by atoms with E-state index < -0.39 is 0 Å². The lowest BCUT2D eigenvalue weighted by molar-refractivity contribution is -0.143. The highest BCUT2D eigenvalue weighted by Crippen LogP contribution is 2.36. The molecule has 0 fully saturated rings. The second kappa shape index (κ2) is 7.47. The Morgan fingerprint density at radius 3 is 2.58 bits per heavy atom. The second-order valence-corrected chi connectivity index (χ2v) is 6.22. The van der Waals surface area contributed by atoms with Gasteiger partial charge < -0.3 is 4.74 Å². The van der Waals surface area contributed by atoms with Crippen LogP contribution in [-0.4, -0.2) is 18.6 Å². The van der Waals surface area contributed by atoms with Crippen LogP contribution in [0, 0.1) is 0 Å². The minimum absolute atomic E-state index is 0.0135. The maximum absolute atomic E-state index is 12.6. The summed E-state index contributed by atoms with van der Waals surface area (Å²) < 4.78 is 5.33. The minimum Gasteiger partial charge on any atom is -0.444 e. The molecule has 0 unspecified atom stereocenters. The quantitative estimate of drug-likeness (QED) is 0.524. The predicted molar refractivity (Wildman–Crippen MR) is 95.1 cm³/mol. The Balaban J connectivity index is 1.58. The van der Waals surface area contributed by atoms with Crippen LogP contribution in [0.2, 0.25) is 0 Å². The molecule has 1 aliphatic rings. The first-order valence-corrected chi connectivity index (χ1v) is 8.71. The molecule has 0 spiro atoms. The Hall–Kier alpha value is -2.36. The van der Waals surface area contributed by atoms with Crippen molar-refractivity contribution in [3.8, 4) is 0 Å². The number of nitrogens with zero attached hydrogens (tertiary/aromatic N) is 1. The normalized spacial score (nSPS) is 12.9. The number of hydrogen-bond donors (Lipinski definition) is 0. The molecule has 4 heteroatoms. The first-order chi connectivity index (χ1) is 11.7. The van der Waals surface area contributed by atoms with Crippen LogP contribution >= 0.6 is 0 Å². The molecule has 1 heterocycles. The number of carbonyl (C=O) groups is 2. The number of carbonyl (C=O) groups excluding carboxylic acids is 2. The van der Waals surface area contributed by atoms with Gasteiger partial charge in [-0.1, -0.05) is 56.9 Å². The summed E-state index contributed by atoms with van der Waals surface area (Å²) in [5.74, 6) is -0.333. The van der Waals surface area contributed by atoms with Crippen molar-refractivity contribution in [2.24, 2.45) is 0 Å². The number of benzene rings is 2. The lowest BCUT2D eigenvalue weighted by Gasteiger charge is -2.17. The minimum atomic E-state index is -0.234. The van der Waals surface area contributed by atoms with E-state index in [2.05, 4.69) is 6.92 Å². The molecule has 0 saturated carbocycles. The molecule has 0 saturated heterocycles. The van der Waals surface area contributed by atoms with Crippen molar-refractivity contribution in [3.63, 3.8) is 0 Å². The van der Waals surface area contributed by atoms with E-state index in [1.807, 2.05) is 36.4 Å². The third-order valence-corrected chi connectivity index (χ3v) is 4.49. The van der Waals surface area contributed by atoms with E-state index in [1.54, 1.807) is 4.90 Å². The van der Waals surface area contributed by atoms with Gasteiger partial charge >= 0.3 is 5.97 Å². The standard InChI is InChI=1S/C20H23NO3/c1-2-3-4-5-6-13-18(22)24-14-21-17-12-8-10-15-9-7-11-16(19(15)17)20(21)23/h7-12H,2-6,13-14H2,1H3. The molecule has 1 amide bonds. The molecule has 4 nitrogen and oxygen atoms in total. The van der Waals surface area contributed by atoms with Gasteiger partial charge in [0.05, 0.1) is 5.69 Å². The predicted octanol–water partition coefficient (Wildman–Crippen LogP) is 4.66. The van der Waals surface area contributed by atoms with E-state index in [1.165, 1.54) is 12.8 Å². The average Bonchev–Trinajstić information content (AvgIpc) is 2.87. The lowest BCUT2D eigenvalue weighted by Crippen LogP contribution is -2.30. The summed E-state index contributed by atoms with van der Waals surface area (Å²) in [6, 6.07) is 11.5. The van der Waals surface area contributed by atoms with Gasteiger partial charge in [0.25, 0.3) is 5.91 Å².